The van der Waals surface area contributed by atoms with Crippen molar-refractivity contribution in [3.8, 4) is 0 Å². The first-order valence-electron chi connectivity index (χ1n) is 7.81. The molecular formula is C19H19N3. The lowest BCUT2D eigenvalue weighted by Gasteiger charge is -2.20. The maximum Gasteiger partial charge on any atom is 0.124 e. The van der Waals surface area contributed by atoms with Crippen molar-refractivity contribution < 1.29 is 0 Å². The highest BCUT2D eigenvalue weighted by Crippen LogP contribution is 2.34. The van der Waals surface area contributed by atoms with E-state index in [-0.39, 0.29) is 6.04 Å². The number of rotatable bonds is 1. The van der Waals surface area contributed by atoms with Gasteiger partial charge in [0.1, 0.15) is 5.82 Å². The zero-order valence-corrected chi connectivity index (χ0v) is 12.4. The van der Waals surface area contributed by atoms with Gasteiger partial charge in [-0.25, -0.2) is 4.98 Å². The van der Waals surface area contributed by atoms with Crippen molar-refractivity contribution in [2.24, 2.45) is 0 Å². The summed E-state index contributed by atoms with van der Waals surface area (Å²) in [7, 11) is 0. The van der Waals surface area contributed by atoms with E-state index >= 15 is 0 Å². The van der Waals surface area contributed by atoms with Gasteiger partial charge in [-0.2, -0.15) is 0 Å². The first-order chi connectivity index (χ1) is 10.8. The fourth-order valence-electron chi connectivity index (χ4n) is 3.35. The summed E-state index contributed by atoms with van der Waals surface area (Å²) in [5.41, 5.74) is 9.70. The van der Waals surface area contributed by atoms with E-state index in [1.54, 1.807) is 0 Å². The van der Waals surface area contributed by atoms with Crippen LogP contribution in [0.2, 0.25) is 0 Å². The number of aryl methyl sites for hydroxylation is 1. The SMILES string of the molecule is Nc1cc2ccccc2c(C2CCCc3ccccc3N2)n1. The van der Waals surface area contributed by atoms with Gasteiger partial charge in [-0.05, 0) is 42.3 Å². The van der Waals surface area contributed by atoms with E-state index in [0.717, 1.165) is 30.3 Å². The van der Waals surface area contributed by atoms with Gasteiger partial charge in [0, 0.05) is 11.1 Å². The quantitative estimate of drug-likeness (QED) is 0.702. The summed E-state index contributed by atoms with van der Waals surface area (Å²) in [6, 6.07) is 19.0. The van der Waals surface area contributed by atoms with Gasteiger partial charge in [0.05, 0.1) is 11.7 Å². The molecule has 0 radical (unpaired) electrons. The normalized spacial score (nSPS) is 17.5. The zero-order valence-electron chi connectivity index (χ0n) is 12.4. The molecule has 0 bridgehead atoms. The van der Waals surface area contributed by atoms with Gasteiger partial charge in [0.25, 0.3) is 0 Å². The first kappa shape index (κ1) is 13.1. The van der Waals surface area contributed by atoms with Crippen LogP contribution >= 0.6 is 0 Å². The van der Waals surface area contributed by atoms with Crippen LogP contribution in [-0.2, 0) is 6.42 Å². The topological polar surface area (TPSA) is 50.9 Å². The predicted octanol–water partition coefficient (Wildman–Crippen LogP) is 4.31. The van der Waals surface area contributed by atoms with E-state index in [1.807, 2.05) is 12.1 Å². The third-order valence-corrected chi connectivity index (χ3v) is 4.41. The number of para-hydroxylation sites is 1. The summed E-state index contributed by atoms with van der Waals surface area (Å²) in [5, 5.41) is 6.02. The summed E-state index contributed by atoms with van der Waals surface area (Å²) in [4.78, 5) is 4.65. The molecule has 2 heterocycles. The standard InChI is InChI=1S/C19H19N3/c20-18-12-14-7-1-3-9-15(14)19(22-18)17-11-5-8-13-6-2-4-10-16(13)21-17/h1-4,6-7,9-10,12,17,21H,5,8,11H2,(H2,20,22). The van der Waals surface area contributed by atoms with Crippen LogP contribution in [0.25, 0.3) is 10.8 Å². The van der Waals surface area contributed by atoms with Crippen LogP contribution in [0.4, 0.5) is 11.5 Å². The second-order valence-electron chi connectivity index (χ2n) is 5.90. The molecule has 2 aromatic carbocycles. The van der Waals surface area contributed by atoms with Gasteiger partial charge in [-0.1, -0.05) is 42.5 Å². The van der Waals surface area contributed by atoms with E-state index in [2.05, 4.69) is 52.8 Å². The highest BCUT2D eigenvalue weighted by molar-refractivity contribution is 5.87. The molecule has 3 heteroatoms. The summed E-state index contributed by atoms with van der Waals surface area (Å²) >= 11 is 0. The number of aromatic nitrogens is 1. The minimum absolute atomic E-state index is 0.206. The van der Waals surface area contributed by atoms with E-state index in [1.165, 1.54) is 16.6 Å². The number of hydrogen-bond donors (Lipinski definition) is 2. The summed E-state index contributed by atoms with van der Waals surface area (Å²) in [6.45, 7) is 0. The highest BCUT2D eigenvalue weighted by Gasteiger charge is 2.20. The lowest BCUT2D eigenvalue weighted by molar-refractivity contribution is 0.653. The fourth-order valence-corrected chi connectivity index (χ4v) is 3.35. The third kappa shape index (κ3) is 2.29. The summed E-state index contributed by atoms with van der Waals surface area (Å²) < 4.78 is 0. The second-order valence-corrected chi connectivity index (χ2v) is 5.90. The van der Waals surface area contributed by atoms with Crippen LogP contribution in [0, 0.1) is 0 Å². The highest BCUT2D eigenvalue weighted by atomic mass is 15.0. The number of nitrogens with one attached hydrogen (secondary N) is 1. The average Bonchev–Trinajstić information content (AvgIpc) is 2.76. The van der Waals surface area contributed by atoms with E-state index in [4.69, 9.17) is 5.73 Å². The minimum Gasteiger partial charge on any atom is -0.384 e. The van der Waals surface area contributed by atoms with Crippen molar-refractivity contribution in [3.63, 3.8) is 0 Å². The van der Waals surface area contributed by atoms with E-state index < -0.39 is 0 Å². The predicted molar refractivity (Wildman–Crippen MR) is 91.9 cm³/mol. The Kier molecular flexibility index (Phi) is 3.19. The largest absolute Gasteiger partial charge is 0.384 e. The Hall–Kier alpha value is -2.55. The van der Waals surface area contributed by atoms with Crippen LogP contribution in [0.15, 0.2) is 54.6 Å². The average molecular weight is 289 g/mol. The van der Waals surface area contributed by atoms with Crippen molar-refractivity contribution in [1.29, 1.82) is 0 Å². The lowest BCUT2D eigenvalue weighted by Crippen LogP contribution is -2.13. The number of nitrogens with two attached hydrogens (primary N) is 1. The van der Waals surface area contributed by atoms with Crippen molar-refractivity contribution >= 4 is 22.3 Å². The van der Waals surface area contributed by atoms with E-state index in [0.29, 0.717) is 5.82 Å². The molecule has 22 heavy (non-hydrogen) atoms. The zero-order chi connectivity index (χ0) is 14.9. The van der Waals surface area contributed by atoms with Gasteiger partial charge in [0.2, 0.25) is 0 Å². The van der Waals surface area contributed by atoms with Crippen molar-refractivity contribution in [2.75, 3.05) is 11.1 Å². The molecule has 1 aliphatic heterocycles. The monoisotopic (exact) mass is 289 g/mol. The third-order valence-electron chi connectivity index (χ3n) is 4.41. The van der Waals surface area contributed by atoms with Crippen LogP contribution < -0.4 is 11.1 Å². The van der Waals surface area contributed by atoms with Crippen LogP contribution in [-0.4, -0.2) is 4.98 Å². The Bertz CT molecular complexity index is 826. The summed E-state index contributed by atoms with van der Waals surface area (Å²) in [5.74, 6) is 0.591. The molecule has 0 spiro atoms. The lowest BCUT2D eigenvalue weighted by atomic mass is 10.0. The number of benzene rings is 2. The number of anilines is 2. The first-order valence-corrected chi connectivity index (χ1v) is 7.81. The Morgan fingerprint density at radius 1 is 1.05 bits per heavy atom. The van der Waals surface area contributed by atoms with Gasteiger partial charge in [0.15, 0.2) is 0 Å². The van der Waals surface area contributed by atoms with Gasteiger partial charge in [-0.3, -0.25) is 0 Å². The molecule has 0 saturated carbocycles. The summed E-state index contributed by atoms with van der Waals surface area (Å²) in [6.07, 6.45) is 3.33. The number of nitrogens with zero attached hydrogens (tertiary/aromatic N) is 1. The van der Waals surface area contributed by atoms with Crippen LogP contribution in [0.1, 0.15) is 30.1 Å². The minimum atomic E-state index is 0.206. The molecule has 1 unspecified atom stereocenters. The molecule has 1 atom stereocenters. The number of hydrogen-bond acceptors (Lipinski definition) is 3. The maximum atomic E-state index is 6.03. The van der Waals surface area contributed by atoms with Crippen LogP contribution in [0.3, 0.4) is 0 Å². The molecule has 0 saturated heterocycles. The number of fused-ring (bicyclic) bond motifs is 2. The second kappa shape index (κ2) is 5.34. The molecule has 3 aromatic rings. The van der Waals surface area contributed by atoms with E-state index in [9.17, 15) is 0 Å². The maximum absolute atomic E-state index is 6.03. The molecule has 0 amide bonds. The Balaban J connectivity index is 1.82. The molecule has 110 valence electrons. The van der Waals surface area contributed by atoms with Gasteiger partial charge in [-0.15, -0.1) is 0 Å². The molecule has 0 aliphatic carbocycles. The number of nitrogen functional groups attached to an aromatic ring is 1. The molecule has 1 aliphatic rings. The van der Waals surface area contributed by atoms with Gasteiger partial charge >= 0.3 is 0 Å². The van der Waals surface area contributed by atoms with Crippen molar-refractivity contribution in [1.82, 2.24) is 4.98 Å². The number of pyridine rings is 1. The smallest absolute Gasteiger partial charge is 0.124 e. The molecular weight excluding hydrogens is 270 g/mol. The molecule has 0 fully saturated rings. The molecule has 3 nitrogen and oxygen atoms in total. The van der Waals surface area contributed by atoms with Crippen LogP contribution in [0.5, 0.6) is 0 Å². The van der Waals surface area contributed by atoms with Crippen molar-refractivity contribution in [3.05, 3.63) is 65.9 Å². The Labute approximate surface area is 130 Å². The Morgan fingerprint density at radius 3 is 2.82 bits per heavy atom. The van der Waals surface area contributed by atoms with Gasteiger partial charge < -0.3 is 11.1 Å². The molecule has 3 N–H and O–H groups in total. The Morgan fingerprint density at radius 2 is 1.86 bits per heavy atom. The molecule has 4 rings (SSSR count). The molecule has 1 aromatic heterocycles. The van der Waals surface area contributed by atoms with Crippen molar-refractivity contribution in [2.45, 2.75) is 25.3 Å². The fraction of sp³-hybridized carbons (Fsp3) is 0.211.